The SMILES string of the molecule is CCC1CCC(C)N1Cc1ccc(N)c(C)c1. The molecule has 0 aromatic heterocycles. The number of nitrogen functional groups attached to an aromatic ring is 1. The minimum Gasteiger partial charge on any atom is -0.399 e. The number of nitrogens with two attached hydrogens (primary N) is 1. The van der Waals surface area contributed by atoms with Crippen LogP contribution in [0, 0.1) is 6.92 Å². The molecule has 2 N–H and O–H groups in total. The molecule has 1 fully saturated rings. The normalized spacial score (nSPS) is 25.4. The number of benzene rings is 1. The fourth-order valence-corrected chi connectivity index (χ4v) is 2.90. The lowest BCUT2D eigenvalue weighted by Gasteiger charge is -2.27. The Morgan fingerprint density at radius 2 is 2.12 bits per heavy atom. The maximum absolute atomic E-state index is 5.86. The van der Waals surface area contributed by atoms with E-state index in [-0.39, 0.29) is 0 Å². The van der Waals surface area contributed by atoms with Crippen LogP contribution in [0.15, 0.2) is 18.2 Å². The van der Waals surface area contributed by atoms with Gasteiger partial charge in [0, 0.05) is 24.3 Å². The highest BCUT2D eigenvalue weighted by atomic mass is 15.2. The second-order valence-electron chi connectivity index (χ2n) is 5.35. The molecule has 0 aliphatic carbocycles. The van der Waals surface area contributed by atoms with E-state index in [1.165, 1.54) is 30.4 Å². The van der Waals surface area contributed by atoms with Crippen LogP contribution < -0.4 is 5.73 Å². The van der Waals surface area contributed by atoms with Crippen LogP contribution in [0.2, 0.25) is 0 Å². The fraction of sp³-hybridized carbons (Fsp3) is 0.600. The van der Waals surface area contributed by atoms with Crippen LogP contribution in [-0.2, 0) is 6.54 Å². The second-order valence-corrected chi connectivity index (χ2v) is 5.35. The molecule has 2 heteroatoms. The summed E-state index contributed by atoms with van der Waals surface area (Å²) < 4.78 is 0. The van der Waals surface area contributed by atoms with Crippen molar-refractivity contribution in [3.8, 4) is 0 Å². The molecule has 17 heavy (non-hydrogen) atoms. The van der Waals surface area contributed by atoms with Crippen molar-refractivity contribution in [1.82, 2.24) is 4.90 Å². The first-order chi connectivity index (χ1) is 8.11. The molecule has 2 atom stereocenters. The predicted molar refractivity (Wildman–Crippen MR) is 73.9 cm³/mol. The van der Waals surface area contributed by atoms with Gasteiger partial charge in [-0.2, -0.15) is 0 Å². The van der Waals surface area contributed by atoms with Crippen LogP contribution in [-0.4, -0.2) is 17.0 Å². The summed E-state index contributed by atoms with van der Waals surface area (Å²) in [6.45, 7) is 7.80. The third kappa shape index (κ3) is 2.63. The molecule has 0 spiro atoms. The number of anilines is 1. The van der Waals surface area contributed by atoms with Crippen molar-refractivity contribution in [3.05, 3.63) is 29.3 Å². The molecule has 2 unspecified atom stereocenters. The minimum absolute atomic E-state index is 0.720. The van der Waals surface area contributed by atoms with Crippen molar-refractivity contribution < 1.29 is 0 Å². The Morgan fingerprint density at radius 1 is 1.35 bits per heavy atom. The molecule has 2 nitrogen and oxygen atoms in total. The molecule has 0 radical (unpaired) electrons. The van der Waals surface area contributed by atoms with E-state index in [2.05, 4.69) is 37.8 Å². The summed E-state index contributed by atoms with van der Waals surface area (Å²) in [6.07, 6.45) is 3.95. The zero-order valence-corrected chi connectivity index (χ0v) is 11.2. The van der Waals surface area contributed by atoms with Gasteiger partial charge in [0.15, 0.2) is 0 Å². The average Bonchev–Trinajstić information content (AvgIpc) is 2.65. The first-order valence-corrected chi connectivity index (χ1v) is 6.72. The lowest BCUT2D eigenvalue weighted by Crippen LogP contribution is -2.33. The first kappa shape index (κ1) is 12.4. The molecule has 1 aliphatic heterocycles. The molecule has 2 rings (SSSR count). The largest absolute Gasteiger partial charge is 0.399 e. The highest BCUT2D eigenvalue weighted by Gasteiger charge is 2.28. The summed E-state index contributed by atoms with van der Waals surface area (Å²) in [4.78, 5) is 2.64. The van der Waals surface area contributed by atoms with Crippen molar-refractivity contribution in [2.45, 2.75) is 58.7 Å². The monoisotopic (exact) mass is 232 g/mol. The van der Waals surface area contributed by atoms with E-state index in [9.17, 15) is 0 Å². The van der Waals surface area contributed by atoms with E-state index >= 15 is 0 Å². The van der Waals surface area contributed by atoms with Gasteiger partial charge >= 0.3 is 0 Å². The van der Waals surface area contributed by atoms with Crippen molar-refractivity contribution >= 4 is 5.69 Å². The molecular formula is C15H24N2. The Labute approximate surface area is 105 Å². The molecule has 1 aromatic rings. The Bertz CT molecular complexity index is 387. The van der Waals surface area contributed by atoms with E-state index in [4.69, 9.17) is 5.73 Å². The van der Waals surface area contributed by atoms with Gasteiger partial charge in [0.25, 0.3) is 0 Å². The maximum atomic E-state index is 5.86. The fourth-order valence-electron chi connectivity index (χ4n) is 2.90. The highest BCUT2D eigenvalue weighted by Crippen LogP contribution is 2.28. The van der Waals surface area contributed by atoms with Crippen molar-refractivity contribution in [2.75, 3.05) is 5.73 Å². The number of rotatable bonds is 3. The third-order valence-corrected chi connectivity index (χ3v) is 4.12. The average molecular weight is 232 g/mol. The van der Waals surface area contributed by atoms with Crippen LogP contribution in [0.4, 0.5) is 5.69 Å². The minimum atomic E-state index is 0.720. The van der Waals surface area contributed by atoms with Gasteiger partial charge in [0.05, 0.1) is 0 Å². The predicted octanol–water partition coefficient (Wildman–Crippen LogP) is 3.34. The smallest absolute Gasteiger partial charge is 0.0343 e. The van der Waals surface area contributed by atoms with Crippen LogP contribution in [0.1, 0.15) is 44.2 Å². The van der Waals surface area contributed by atoms with Gasteiger partial charge in [-0.25, -0.2) is 0 Å². The summed E-state index contributed by atoms with van der Waals surface area (Å²) in [5.41, 5.74) is 9.35. The number of hydrogen-bond acceptors (Lipinski definition) is 2. The Kier molecular flexibility index (Phi) is 3.72. The zero-order valence-electron chi connectivity index (χ0n) is 11.2. The van der Waals surface area contributed by atoms with Crippen LogP contribution in [0.3, 0.4) is 0 Å². The van der Waals surface area contributed by atoms with Crippen LogP contribution in [0.25, 0.3) is 0 Å². The van der Waals surface area contributed by atoms with Gasteiger partial charge in [-0.1, -0.05) is 19.1 Å². The molecular weight excluding hydrogens is 208 g/mol. The Hall–Kier alpha value is -1.02. The van der Waals surface area contributed by atoms with Crippen LogP contribution >= 0.6 is 0 Å². The standard InChI is InChI=1S/C15H24N2/c1-4-14-7-5-12(3)17(14)10-13-6-8-15(16)11(2)9-13/h6,8-9,12,14H,4-5,7,10,16H2,1-3H3. The second kappa shape index (κ2) is 5.09. The summed E-state index contributed by atoms with van der Waals surface area (Å²) in [7, 11) is 0. The Balaban J connectivity index is 2.11. The van der Waals surface area contributed by atoms with Gasteiger partial charge < -0.3 is 5.73 Å². The molecule has 0 amide bonds. The molecule has 94 valence electrons. The van der Waals surface area contributed by atoms with E-state index in [0.29, 0.717) is 0 Å². The number of likely N-dealkylation sites (tertiary alicyclic amines) is 1. The zero-order chi connectivity index (χ0) is 12.4. The summed E-state index contributed by atoms with van der Waals surface area (Å²) >= 11 is 0. The van der Waals surface area contributed by atoms with Crippen molar-refractivity contribution in [3.63, 3.8) is 0 Å². The van der Waals surface area contributed by atoms with Gasteiger partial charge in [-0.05, 0) is 50.3 Å². The number of aryl methyl sites for hydroxylation is 1. The van der Waals surface area contributed by atoms with Gasteiger partial charge in [-0.3, -0.25) is 4.90 Å². The lowest BCUT2D eigenvalue weighted by molar-refractivity contribution is 0.189. The topological polar surface area (TPSA) is 29.3 Å². The van der Waals surface area contributed by atoms with Gasteiger partial charge in [0.1, 0.15) is 0 Å². The number of hydrogen-bond donors (Lipinski definition) is 1. The van der Waals surface area contributed by atoms with E-state index in [1.54, 1.807) is 0 Å². The summed E-state index contributed by atoms with van der Waals surface area (Å²) in [5, 5.41) is 0. The quantitative estimate of drug-likeness (QED) is 0.810. The van der Waals surface area contributed by atoms with E-state index in [0.717, 1.165) is 24.3 Å². The maximum Gasteiger partial charge on any atom is 0.0343 e. The van der Waals surface area contributed by atoms with Crippen molar-refractivity contribution in [2.24, 2.45) is 0 Å². The van der Waals surface area contributed by atoms with Crippen molar-refractivity contribution in [1.29, 1.82) is 0 Å². The van der Waals surface area contributed by atoms with Gasteiger partial charge in [-0.15, -0.1) is 0 Å². The molecule has 1 aromatic carbocycles. The van der Waals surface area contributed by atoms with Gasteiger partial charge in [0.2, 0.25) is 0 Å². The molecule has 0 bridgehead atoms. The highest BCUT2D eigenvalue weighted by molar-refractivity contribution is 5.47. The summed E-state index contributed by atoms with van der Waals surface area (Å²) in [5.74, 6) is 0. The molecule has 1 saturated heterocycles. The first-order valence-electron chi connectivity index (χ1n) is 6.72. The summed E-state index contributed by atoms with van der Waals surface area (Å²) in [6, 6.07) is 7.92. The van der Waals surface area contributed by atoms with E-state index < -0.39 is 0 Å². The molecule has 1 aliphatic rings. The molecule has 0 saturated carbocycles. The number of nitrogens with zero attached hydrogens (tertiary/aromatic N) is 1. The lowest BCUT2D eigenvalue weighted by atomic mass is 10.1. The third-order valence-electron chi connectivity index (χ3n) is 4.12. The molecule has 1 heterocycles. The Morgan fingerprint density at radius 3 is 2.76 bits per heavy atom. The van der Waals surface area contributed by atoms with E-state index in [1.807, 2.05) is 6.07 Å². The van der Waals surface area contributed by atoms with Crippen LogP contribution in [0.5, 0.6) is 0 Å².